The van der Waals surface area contributed by atoms with Crippen LogP contribution in [-0.2, 0) is 15.0 Å². The molecule has 0 radical (unpaired) electrons. The summed E-state index contributed by atoms with van der Waals surface area (Å²) in [6.07, 6.45) is 3.63. The van der Waals surface area contributed by atoms with Crippen LogP contribution < -0.4 is 10.1 Å². The summed E-state index contributed by atoms with van der Waals surface area (Å²) in [5, 5.41) is 34.2. The van der Waals surface area contributed by atoms with Gasteiger partial charge in [0.25, 0.3) is 0 Å². The molecule has 170 valence electrons. The number of nitrogens with one attached hydrogen (secondary N) is 1. The third kappa shape index (κ3) is 3.04. The van der Waals surface area contributed by atoms with E-state index in [4.69, 9.17) is 4.74 Å². The SMILES string of the molecule is CC(=O)c1c(O)c(C)c(O)c2c1OC1=CC(=O)/C(=C(/C)NC3CCC(O)CC3)C(=O)[C@@]12C. The molecule has 2 aliphatic carbocycles. The molecule has 8 heteroatoms. The number of hydrogen-bond donors (Lipinski definition) is 4. The quantitative estimate of drug-likeness (QED) is 0.319. The highest BCUT2D eigenvalue weighted by Crippen LogP contribution is 2.57. The number of phenolic OH excluding ortho intramolecular Hbond substituents is 2. The van der Waals surface area contributed by atoms with Gasteiger partial charge in [0.2, 0.25) is 0 Å². The number of allylic oxidation sites excluding steroid dienone is 4. The average molecular weight is 441 g/mol. The highest BCUT2D eigenvalue weighted by Gasteiger charge is 2.56. The fourth-order valence-electron chi connectivity index (χ4n) is 4.96. The minimum atomic E-state index is -1.52. The Balaban J connectivity index is 1.83. The molecule has 1 atom stereocenters. The van der Waals surface area contributed by atoms with Gasteiger partial charge in [0, 0.05) is 23.4 Å². The van der Waals surface area contributed by atoms with Crippen LogP contribution in [0.4, 0.5) is 0 Å². The Hall–Kier alpha value is -3.13. The number of ketones is 3. The monoisotopic (exact) mass is 441 g/mol. The third-order valence-electron chi connectivity index (χ3n) is 6.88. The maximum absolute atomic E-state index is 13.7. The van der Waals surface area contributed by atoms with Crippen molar-refractivity contribution >= 4 is 17.3 Å². The Kier molecular flexibility index (Phi) is 5.16. The van der Waals surface area contributed by atoms with Gasteiger partial charge in [-0.15, -0.1) is 0 Å². The smallest absolute Gasteiger partial charge is 0.194 e. The van der Waals surface area contributed by atoms with Crippen LogP contribution in [0.5, 0.6) is 17.2 Å². The lowest BCUT2D eigenvalue weighted by molar-refractivity contribution is -0.123. The Bertz CT molecular complexity index is 1120. The molecule has 1 aromatic carbocycles. The van der Waals surface area contributed by atoms with Crippen molar-refractivity contribution in [1.82, 2.24) is 5.32 Å². The van der Waals surface area contributed by atoms with E-state index < -0.39 is 28.5 Å². The fourth-order valence-corrected chi connectivity index (χ4v) is 4.96. The van der Waals surface area contributed by atoms with E-state index in [1.165, 1.54) is 19.9 Å². The van der Waals surface area contributed by atoms with E-state index in [0.29, 0.717) is 18.5 Å². The minimum Gasteiger partial charge on any atom is -0.507 e. The standard InChI is InChI=1S/C24H27NO7/c1-10-20(29)18(12(3)26)22-19(21(10)30)24(4)16(32-22)9-15(28)17(23(24)31)11(2)25-13-5-7-14(27)8-6-13/h9,13-14,25,27,29-30H,5-8H2,1-4H3/b17-11+/t13?,14?,24-/m0/s1. The molecular weight excluding hydrogens is 414 g/mol. The number of ether oxygens (including phenoxy) is 1. The van der Waals surface area contributed by atoms with Crippen LogP contribution >= 0.6 is 0 Å². The number of carbonyl (C=O) groups excluding carboxylic acids is 3. The number of carbonyl (C=O) groups is 3. The molecule has 0 saturated heterocycles. The minimum absolute atomic E-state index is 0.0163. The fraction of sp³-hybridized carbons (Fsp3) is 0.458. The Morgan fingerprint density at radius 1 is 1.12 bits per heavy atom. The molecule has 0 aromatic heterocycles. The van der Waals surface area contributed by atoms with Crippen molar-refractivity contribution in [2.45, 2.75) is 70.9 Å². The lowest BCUT2D eigenvalue weighted by atomic mass is 9.70. The maximum atomic E-state index is 13.7. The Morgan fingerprint density at radius 3 is 2.34 bits per heavy atom. The molecule has 0 amide bonds. The summed E-state index contributed by atoms with van der Waals surface area (Å²) in [5.41, 5.74) is -1.12. The molecule has 0 spiro atoms. The number of benzene rings is 1. The van der Waals surface area contributed by atoms with Crippen molar-refractivity contribution in [2.75, 3.05) is 0 Å². The topological polar surface area (TPSA) is 133 Å². The maximum Gasteiger partial charge on any atom is 0.194 e. The highest BCUT2D eigenvalue weighted by atomic mass is 16.5. The van der Waals surface area contributed by atoms with Gasteiger partial charge >= 0.3 is 0 Å². The first kappa shape index (κ1) is 22.1. The summed E-state index contributed by atoms with van der Waals surface area (Å²) in [5.74, 6) is -2.40. The first-order valence-electron chi connectivity index (χ1n) is 10.7. The second kappa shape index (κ2) is 7.48. The number of rotatable bonds is 3. The number of Topliss-reactive ketones (excluding diaryl/α,β-unsaturated/α-hetero) is 2. The van der Waals surface area contributed by atoms with E-state index >= 15 is 0 Å². The molecule has 1 aliphatic heterocycles. The molecule has 0 unspecified atom stereocenters. The molecule has 1 aromatic rings. The summed E-state index contributed by atoms with van der Waals surface area (Å²) in [4.78, 5) is 38.9. The molecule has 1 saturated carbocycles. The van der Waals surface area contributed by atoms with Crippen molar-refractivity contribution in [3.8, 4) is 17.2 Å². The second-order valence-electron chi connectivity index (χ2n) is 9.04. The number of aliphatic hydroxyl groups excluding tert-OH is 1. The van der Waals surface area contributed by atoms with E-state index in [1.807, 2.05) is 0 Å². The summed E-state index contributed by atoms with van der Waals surface area (Å²) in [6, 6.07) is 0.0358. The molecule has 4 N–H and O–H groups in total. The van der Waals surface area contributed by atoms with Gasteiger partial charge in [-0.25, -0.2) is 0 Å². The van der Waals surface area contributed by atoms with E-state index in [0.717, 1.165) is 12.8 Å². The predicted molar refractivity (Wildman–Crippen MR) is 115 cm³/mol. The number of fused-ring (bicyclic) bond motifs is 3. The van der Waals surface area contributed by atoms with Crippen molar-refractivity contribution in [3.05, 3.63) is 39.8 Å². The van der Waals surface area contributed by atoms with E-state index in [1.54, 1.807) is 13.8 Å². The van der Waals surface area contributed by atoms with Gasteiger partial charge in [0.1, 0.15) is 34.0 Å². The first-order valence-corrected chi connectivity index (χ1v) is 10.7. The zero-order valence-corrected chi connectivity index (χ0v) is 18.5. The van der Waals surface area contributed by atoms with Crippen molar-refractivity contribution in [3.63, 3.8) is 0 Å². The predicted octanol–water partition coefficient (Wildman–Crippen LogP) is 2.46. The van der Waals surface area contributed by atoms with Crippen LogP contribution in [0.2, 0.25) is 0 Å². The van der Waals surface area contributed by atoms with E-state index in [9.17, 15) is 29.7 Å². The Labute approximate surface area is 185 Å². The van der Waals surface area contributed by atoms with Gasteiger partial charge in [-0.1, -0.05) is 0 Å². The average Bonchev–Trinajstić information content (AvgIpc) is 3.01. The van der Waals surface area contributed by atoms with Gasteiger partial charge < -0.3 is 25.4 Å². The first-order chi connectivity index (χ1) is 15.0. The molecule has 3 aliphatic rings. The van der Waals surface area contributed by atoms with E-state index in [2.05, 4.69) is 5.32 Å². The zero-order valence-electron chi connectivity index (χ0n) is 18.5. The Morgan fingerprint density at radius 2 is 1.75 bits per heavy atom. The van der Waals surface area contributed by atoms with Crippen molar-refractivity contribution in [1.29, 1.82) is 0 Å². The normalized spacial score (nSPS) is 28.5. The van der Waals surface area contributed by atoms with Gasteiger partial charge in [0.15, 0.2) is 17.3 Å². The van der Waals surface area contributed by atoms with Crippen molar-refractivity contribution < 1.29 is 34.4 Å². The number of aliphatic hydroxyl groups is 1. The number of hydrogen-bond acceptors (Lipinski definition) is 8. The molecule has 8 nitrogen and oxygen atoms in total. The van der Waals surface area contributed by atoms with Crippen LogP contribution in [-0.4, -0.2) is 44.8 Å². The molecule has 4 rings (SSSR count). The van der Waals surface area contributed by atoms with Crippen molar-refractivity contribution in [2.24, 2.45) is 0 Å². The van der Waals surface area contributed by atoms with E-state index in [-0.39, 0.29) is 51.7 Å². The van der Waals surface area contributed by atoms with Gasteiger partial charge in [-0.05, 0) is 53.4 Å². The molecular formula is C24H27NO7. The molecule has 1 heterocycles. The number of phenols is 2. The van der Waals surface area contributed by atoms with Gasteiger partial charge in [0.05, 0.1) is 17.2 Å². The highest BCUT2D eigenvalue weighted by molar-refractivity contribution is 6.31. The second-order valence-corrected chi connectivity index (χ2v) is 9.04. The third-order valence-corrected chi connectivity index (χ3v) is 6.88. The van der Waals surface area contributed by atoms with Gasteiger partial charge in [-0.2, -0.15) is 0 Å². The molecule has 0 bridgehead atoms. The summed E-state index contributed by atoms with van der Waals surface area (Å²) in [6.45, 7) is 5.91. The van der Waals surface area contributed by atoms with Crippen LogP contribution in [0, 0.1) is 6.92 Å². The molecule has 32 heavy (non-hydrogen) atoms. The summed E-state index contributed by atoms with van der Waals surface area (Å²) in [7, 11) is 0. The van der Waals surface area contributed by atoms with Crippen LogP contribution in [0.1, 0.15) is 67.9 Å². The van der Waals surface area contributed by atoms with Crippen LogP contribution in [0.3, 0.4) is 0 Å². The summed E-state index contributed by atoms with van der Waals surface area (Å²) < 4.78 is 5.76. The van der Waals surface area contributed by atoms with Crippen LogP contribution in [0.25, 0.3) is 0 Å². The van der Waals surface area contributed by atoms with Crippen LogP contribution in [0.15, 0.2) is 23.1 Å². The zero-order chi connectivity index (χ0) is 23.5. The summed E-state index contributed by atoms with van der Waals surface area (Å²) >= 11 is 0. The number of aromatic hydroxyl groups is 2. The largest absolute Gasteiger partial charge is 0.507 e. The lowest BCUT2D eigenvalue weighted by Gasteiger charge is -2.31. The molecule has 1 fully saturated rings. The van der Waals surface area contributed by atoms with Gasteiger partial charge in [-0.3, -0.25) is 14.4 Å². The lowest BCUT2D eigenvalue weighted by Crippen LogP contribution is -2.42.